The molecule has 0 aromatic carbocycles. The summed E-state index contributed by atoms with van der Waals surface area (Å²) < 4.78 is 71.6. The van der Waals surface area contributed by atoms with Crippen LogP contribution in [0.15, 0.2) is 14.3 Å². The molecule has 1 rings (SSSR count). The zero-order valence-corrected chi connectivity index (χ0v) is 23.8. The Hall–Kier alpha value is -1.17. The number of rotatable bonds is 6. The molecule has 2 amide bonds. The fourth-order valence-corrected chi connectivity index (χ4v) is 5.14. The van der Waals surface area contributed by atoms with Crippen LogP contribution in [0.1, 0.15) is 6.92 Å². The van der Waals surface area contributed by atoms with Crippen LogP contribution in [0.3, 0.4) is 0 Å². The first-order chi connectivity index (χ1) is 15.1. The molecule has 0 unspecified atom stereocenters. The highest BCUT2D eigenvalue weighted by molar-refractivity contribution is 8.14. The first kappa shape index (κ1) is 35.0. The van der Waals surface area contributed by atoms with Gasteiger partial charge in [0.05, 0.1) is 6.61 Å². The maximum absolute atomic E-state index is 11.6. The van der Waals surface area contributed by atoms with E-state index in [0.717, 1.165) is 4.90 Å². The van der Waals surface area contributed by atoms with Crippen molar-refractivity contribution in [3.05, 3.63) is 9.94 Å². The quantitative estimate of drug-likeness (QED) is 0.370. The molecule has 0 aromatic rings. The van der Waals surface area contributed by atoms with Crippen LogP contribution in [0, 0.1) is 0 Å². The highest BCUT2D eigenvalue weighted by atomic mass is 35.7. The number of carbonyl (C=O) groups is 3. The van der Waals surface area contributed by atoms with E-state index >= 15 is 0 Å². The standard InChI is InChI=1S/C8H11ClN2O4S.C4H8ClNO3S.C2H2Cl2O3S/c1-4-15-7-5(9)6(8(12)11(2)3)16(13,14)10-7;1-6(2)4(7)3-10(5,8)9;3-2(5)1-8(4,6)7/h4H2,1-3H3;3H2,1-2H3;1H2. The summed E-state index contributed by atoms with van der Waals surface area (Å²) in [6.07, 6.45) is 0. The molecule has 1 aliphatic rings. The Balaban J connectivity index is 0. The molecule has 0 N–H and O–H groups in total. The van der Waals surface area contributed by atoms with Crippen molar-refractivity contribution in [2.24, 2.45) is 4.40 Å². The van der Waals surface area contributed by atoms with Crippen LogP contribution in [0.4, 0.5) is 0 Å². The van der Waals surface area contributed by atoms with Crippen LogP contribution in [0.2, 0.25) is 0 Å². The number of carbonyl (C=O) groups excluding carboxylic acids is 3. The van der Waals surface area contributed by atoms with Gasteiger partial charge in [-0.1, -0.05) is 11.6 Å². The normalized spacial score (nSPS) is 14.6. The average Bonchev–Trinajstić information content (AvgIpc) is 2.80. The van der Waals surface area contributed by atoms with Crippen molar-refractivity contribution in [3.8, 4) is 0 Å². The molecule has 0 spiro atoms. The summed E-state index contributed by atoms with van der Waals surface area (Å²) in [5.74, 6) is -2.91. The molecule has 13 nitrogen and oxygen atoms in total. The van der Waals surface area contributed by atoms with Gasteiger partial charge in [-0.3, -0.25) is 14.4 Å². The second-order valence-corrected chi connectivity index (χ2v) is 14.1. The summed E-state index contributed by atoms with van der Waals surface area (Å²) in [6, 6.07) is 0. The number of likely N-dealkylation sites (N-methyl/N-ethyl adjacent to an activating group) is 1. The highest BCUT2D eigenvalue weighted by Crippen LogP contribution is 2.28. The topological polar surface area (TPSA) is 182 Å². The second kappa shape index (κ2) is 14.4. The number of ether oxygens (including phenoxy) is 1. The van der Waals surface area contributed by atoms with E-state index < -0.39 is 61.6 Å². The lowest BCUT2D eigenvalue weighted by molar-refractivity contribution is -0.126. The third-order valence-corrected chi connectivity index (χ3v) is 6.72. The zero-order valence-electron chi connectivity index (χ0n) is 18.3. The van der Waals surface area contributed by atoms with E-state index in [2.05, 4.69) is 26.7 Å². The van der Waals surface area contributed by atoms with Crippen molar-refractivity contribution in [3.63, 3.8) is 0 Å². The van der Waals surface area contributed by atoms with Crippen LogP contribution in [-0.2, 0) is 47.2 Å². The Bertz CT molecular complexity index is 1160. The molecule has 198 valence electrons. The van der Waals surface area contributed by atoms with Crippen LogP contribution in [0.5, 0.6) is 0 Å². The predicted molar refractivity (Wildman–Crippen MR) is 128 cm³/mol. The average molecular weight is 629 g/mol. The fourth-order valence-electron chi connectivity index (χ4n) is 1.45. The van der Waals surface area contributed by atoms with Crippen LogP contribution in [0.25, 0.3) is 0 Å². The summed E-state index contributed by atoms with van der Waals surface area (Å²) in [4.78, 5) is 33.7. The molecular weight excluding hydrogens is 608 g/mol. The van der Waals surface area contributed by atoms with E-state index in [9.17, 15) is 39.6 Å². The van der Waals surface area contributed by atoms with Gasteiger partial charge in [0, 0.05) is 49.6 Å². The van der Waals surface area contributed by atoms with Gasteiger partial charge in [-0.05, 0) is 18.5 Å². The summed E-state index contributed by atoms with van der Waals surface area (Å²) in [6.45, 7) is 1.87. The smallest absolute Gasteiger partial charge is 0.292 e. The lowest BCUT2D eigenvalue weighted by atomic mass is 10.4. The Morgan fingerprint density at radius 3 is 1.62 bits per heavy atom. The van der Waals surface area contributed by atoms with Crippen molar-refractivity contribution in [1.82, 2.24) is 9.80 Å². The molecule has 1 aliphatic heterocycles. The van der Waals surface area contributed by atoms with E-state index in [0.29, 0.717) is 0 Å². The number of hydrogen-bond acceptors (Lipinski definition) is 10. The van der Waals surface area contributed by atoms with Crippen molar-refractivity contribution in [1.29, 1.82) is 0 Å². The minimum atomic E-state index is -4.03. The summed E-state index contributed by atoms with van der Waals surface area (Å²) in [7, 11) is 3.71. The minimum absolute atomic E-state index is 0.216. The molecule has 0 radical (unpaired) electrons. The van der Waals surface area contributed by atoms with Gasteiger partial charge in [-0.2, -0.15) is 8.42 Å². The van der Waals surface area contributed by atoms with Gasteiger partial charge in [0.25, 0.3) is 15.9 Å². The van der Waals surface area contributed by atoms with E-state index in [1.54, 1.807) is 6.92 Å². The molecular formula is C14H21Cl4N3O10S3. The van der Waals surface area contributed by atoms with Crippen molar-refractivity contribution in [2.45, 2.75) is 6.92 Å². The van der Waals surface area contributed by atoms with Crippen molar-refractivity contribution in [2.75, 3.05) is 46.3 Å². The monoisotopic (exact) mass is 627 g/mol. The SMILES string of the molecule is CCOC1=NS(=O)(=O)C(C(=O)N(C)C)=C1Cl.CN(C)C(=O)CS(=O)(=O)Cl.O=C(Cl)CS(=O)(=O)Cl. The number of amides is 2. The third kappa shape index (κ3) is 15.0. The molecule has 0 bridgehead atoms. The summed E-state index contributed by atoms with van der Waals surface area (Å²) >= 11 is 10.4. The first-order valence-corrected chi connectivity index (χ1v) is 15.5. The molecule has 34 heavy (non-hydrogen) atoms. The van der Waals surface area contributed by atoms with Crippen LogP contribution >= 0.6 is 44.6 Å². The first-order valence-electron chi connectivity index (χ1n) is 8.38. The van der Waals surface area contributed by atoms with Gasteiger partial charge in [0.15, 0.2) is 4.91 Å². The Kier molecular flexibility index (Phi) is 14.8. The molecule has 20 heteroatoms. The van der Waals surface area contributed by atoms with Gasteiger partial charge in [0.2, 0.25) is 35.1 Å². The molecule has 1 heterocycles. The lowest BCUT2D eigenvalue weighted by Crippen LogP contribution is -2.27. The van der Waals surface area contributed by atoms with E-state index in [-0.39, 0.29) is 17.5 Å². The van der Waals surface area contributed by atoms with Gasteiger partial charge >= 0.3 is 0 Å². The van der Waals surface area contributed by atoms with Crippen LogP contribution < -0.4 is 0 Å². The Labute approximate surface area is 216 Å². The van der Waals surface area contributed by atoms with Crippen LogP contribution in [-0.4, -0.2) is 104 Å². The fraction of sp³-hybridized carbons (Fsp3) is 0.571. The molecule has 0 aliphatic carbocycles. The maximum Gasteiger partial charge on any atom is 0.292 e. The zero-order chi connectivity index (χ0) is 27.7. The largest absolute Gasteiger partial charge is 0.476 e. The third-order valence-electron chi connectivity index (χ3n) is 2.81. The molecule has 0 fully saturated rings. The van der Waals surface area contributed by atoms with Gasteiger partial charge in [-0.25, -0.2) is 16.8 Å². The molecule has 0 saturated carbocycles. The highest BCUT2D eigenvalue weighted by Gasteiger charge is 2.38. The molecule has 0 aromatic heterocycles. The van der Waals surface area contributed by atoms with Gasteiger partial charge < -0.3 is 14.5 Å². The van der Waals surface area contributed by atoms with Crippen molar-refractivity contribution >= 4 is 95.6 Å². The minimum Gasteiger partial charge on any atom is -0.476 e. The number of nitrogens with zero attached hydrogens (tertiary/aromatic N) is 3. The second-order valence-electron chi connectivity index (χ2n) is 6.16. The van der Waals surface area contributed by atoms with Gasteiger partial charge in [-0.15, -0.1) is 4.40 Å². The Morgan fingerprint density at radius 2 is 1.38 bits per heavy atom. The van der Waals surface area contributed by atoms with Crippen molar-refractivity contribution < 1.29 is 44.4 Å². The molecule has 0 saturated heterocycles. The number of halogens is 4. The van der Waals surface area contributed by atoms with E-state index in [4.69, 9.17) is 27.0 Å². The summed E-state index contributed by atoms with van der Waals surface area (Å²) in [5.41, 5.74) is 0. The summed E-state index contributed by atoms with van der Waals surface area (Å²) in [5, 5.41) is -1.24. The predicted octanol–water partition coefficient (Wildman–Crippen LogP) is 0.267. The lowest BCUT2D eigenvalue weighted by Gasteiger charge is -2.09. The number of sulfonamides is 1. The number of hydrogen-bond donors (Lipinski definition) is 0. The van der Waals surface area contributed by atoms with E-state index in [1.165, 1.54) is 33.1 Å². The maximum atomic E-state index is 11.6. The van der Waals surface area contributed by atoms with E-state index in [1.807, 2.05) is 0 Å². The Morgan fingerprint density at radius 1 is 0.941 bits per heavy atom. The van der Waals surface area contributed by atoms with Gasteiger partial charge in [0.1, 0.15) is 16.5 Å². The molecule has 0 atom stereocenters.